The molecule has 0 radical (unpaired) electrons. The highest BCUT2D eigenvalue weighted by atomic mass is 35.5. The molecular formula is C21H22ClFN2O4. The Morgan fingerprint density at radius 3 is 2.66 bits per heavy atom. The summed E-state index contributed by atoms with van der Waals surface area (Å²) in [6.07, 6.45) is 0. The smallest absolute Gasteiger partial charge is 0.260 e. The number of rotatable bonds is 5. The molecule has 154 valence electrons. The average Bonchev–Trinajstić information content (AvgIpc) is 2.73. The van der Waals surface area contributed by atoms with Crippen LogP contribution in [0.4, 0.5) is 4.39 Å². The van der Waals surface area contributed by atoms with Gasteiger partial charge in [-0.25, -0.2) is 4.39 Å². The zero-order valence-electron chi connectivity index (χ0n) is 15.9. The number of carbonyl (C=O) groups is 1. The highest BCUT2D eigenvalue weighted by Crippen LogP contribution is 2.32. The second-order valence-electron chi connectivity index (χ2n) is 7.06. The van der Waals surface area contributed by atoms with Crippen LogP contribution in [0, 0.1) is 5.82 Å². The van der Waals surface area contributed by atoms with E-state index < -0.39 is 0 Å². The Kier molecular flexibility index (Phi) is 6.18. The van der Waals surface area contributed by atoms with E-state index in [0.717, 1.165) is 30.0 Å². The second kappa shape index (κ2) is 8.98. The number of amides is 1. The van der Waals surface area contributed by atoms with Crippen LogP contribution < -0.4 is 9.47 Å². The zero-order valence-corrected chi connectivity index (χ0v) is 16.7. The first-order chi connectivity index (χ1) is 14.1. The monoisotopic (exact) mass is 420 g/mol. The van der Waals surface area contributed by atoms with Crippen molar-refractivity contribution >= 4 is 17.5 Å². The maximum Gasteiger partial charge on any atom is 0.260 e. The molecule has 2 aromatic carbocycles. The van der Waals surface area contributed by atoms with Crippen LogP contribution in [-0.4, -0.2) is 55.3 Å². The molecule has 0 aromatic heterocycles. The molecule has 0 atom stereocenters. The van der Waals surface area contributed by atoms with E-state index in [1.165, 1.54) is 24.3 Å². The molecule has 8 heteroatoms. The lowest BCUT2D eigenvalue weighted by molar-refractivity contribution is -0.135. The molecule has 6 nitrogen and oxygen atoms in total. The van der Waals surface area contributed by atoms with Crippen LogP contribution in [-0.2, 0) is 22.7 Å². The van der Waals surface area contributed by atoms with Crippen molar-refractivity contribution in [2.75, 3.05) is 39.6 Å². The molecule has 29 heavy (non-hydrogen) atoms. The lowest BCUT2D eigenvalue weighted by Gasteiger charge is -2.35. The van der Waals surface area contributed by atoms with Gasteiger partial charge in [-0.2, -0.15) is 0 Å². The SMILES string of the molecule is O=C(COc1ccc(F)cc1)N1CCN(Cc2cc(Cl)cc3c2OCOC3)CC1. The van der Waals surface area contributed by atoms with Crippen molar-refractivity contribution in [2.45, 2.75) is 13.2 Å². The summed E-state index contributed by atoms with van der Waals surface area (Å²) in [5.74, 6) is 0.924. The Morgan fingerprint density at radius 1 is 1.14 bits per heavy atom. The highest BCUT2D eigenvalue weighted by molar-refractivity contribution is 6.30. The van der Waals surface area contributed by atoms with E-state index in [1.54, 1.807) is 4.90 Å². The topological polar surface area (TPSA) is 51.2 Å². The summed E-state index contributed by atoms with van der Waals surface area (Å²) in [5.41, 5.74) is 2.00. The summed E-state index contributed by atoms with van der Waals surface area (Å²) in [4.78, 5) is 16.5. The maximum atomic E-state index is 12.9. The summed E-state index contributed by atoms with van der Waals surface area (Å²) in [6, 6.07) is 9.45. The average molecular weight is 421 g/mol. The molecule has 0 bridgehead atoms. The van der Waals surface area contributed by atoms with Crippen LogP contribution in [0.25, 0.3) is 0 Å². The molecule has 2 heterocycles. The van der Waals surface area contributed by atoms with Crippen molar-refractivity contribution in [1.82, 2.24) is 9.80 Å². The Hall–Kier alpha value is -2.35. The van der Waals surface area contributed by atoms with Gasteiger partial charge in [-0.1, -0.05) is 11.6 Å². The van der Waals surface area contributed by atoms with Crippen molar-refractivity contribution in [3.8, 4) is 11.5 Å². The number of piperazine rings is 1. The number of nitrogens with zero attached hydrogens (tertiary/aromatic N) is 2. The molecule has 0 aliphatic carbocycles. The Bertz CT molecular complexity index is 870. The minimum atomic E-state index is -0.335. The maximum absolute atomic E-state index is 12.9. The van der Waals surface area contributed by atoms with Gasteiger partial charge in [0.15, 0.2) is 13.4 Å². The molecular weight excluding hydrogens is 399 g/mol. The first-order valence-electron chi connectivity index (χ1n) is 9.49. The number of hydrogen-bond donors (Lipinski definition) is 0. The first kappa shape index (κ1) is 19.9. The fourth-order valence-corrected chi connectivity index (χ4v) is 3.80. The minimum Gasteiger partial charge on any atom is -0.484 e. The summed E-state index contributed by atoms with van der Waals surface area (Å²) >= 11 is 6.24. The van der Waals surface area contributed by atoms with E-state index in [1.807, 2.05) is 12.1 Å². The predicted molar refractivity (Wildman–Crippen MR) is 105 cm³/mol. The highest BCUT2D eigenvalue weighted by Gasteiger charge is 2.24. The summed E-state index contributed by atoms with van der Waals surface area (Å²) < 4.78 is 29.4. The van der Waals surface area contributed by atoms with Crippen LogP contribution in [0.5, 0.6) is 11.5 Å². The molecule has 2 aromatic rings. The van der Waals surface area contributed by atoms with E-state index in [4.69, 9.17) is 25.8 Å². The molecule has 1 saturated heterocycles. The van der Waals surface area contributed by atoms with Gasteiger partial charge in [0.05, 0.1) is 6.61 Å². The fraction of sp³-hybridized carbons (Fsp3) is 0.381. The van der Waals surface area contributed by atoms with Gasteiger partial charge in [0.1, 0.15) is 17.3 Å². The van der Waals surface area contributed by atoms with Gasteiger partial charge < -0.3 is 19.1 Å². The second-order valence-corrected chi connectivity index (χ2v) is 7.50. The third kappa shape index (κ3) is 4.98. The predicted octanol–water partition coefficient (Wildman–Crippen LogP) is 3.07. The lowest BCUT2D eigenvalue weighted by atomic mass is 10.1. The molecule has 0 unspecified atom stereocenters. The Balaban J connectivity index is 1.29. The first-order valence-corrected chi connectivity index (χ1v) is 9.86. The summed E-state index contributed by atoms with van der Waals surface area (Å²) in [5, 5.41) is 0.666. The molecule has 0 saturated carbocycles. The van der Waals surface area contributed by atoms with Crippen LogP contribution >= 0.6 is 11.6 Å². The largest absolute Gasteiger partial charge is 0.484 e. The van der Waals surface area contributed by atoms with Crippen LogP contribution in [0.3, 0.4) is 0 Å². The number of ether oxygens (including phenoxy) is 3. The molecule has 0 N–H and O–H groups in total. The number of carbonyl (C=O) groups excluding carboxylic acids is 1. The van der Waals surface area contributed by atoms with E-state index in [-0.39, 0.29) is 25.1 Å². The van der Waals surface area contributed by atoms with Gasteiger partial charge in [0.25, 0.3) is 5.91 Å². The fourth-order valence-electron chi connectivity index (χ4n) is 3.54. The minimum absolute atomic E-state index is 0.0543. The van der Waals surface area contributed by atoms with Crippen LogP contribution in [0.2, 0.25) is 5.02 Å². The number of fused-ring (bicyclic) bond motifs is 1. The van der Waals surface area contributed by atoms with Gasteiger partial charge in [0.2, 0.25) is 0 Å². The van der Waals surface area contributed by atoms with Gasteiger partial charge in [-0.3, -0.25) is 9.69 Å². The Morgan fingerprint density at radius 2 is 1.90 bits per heavy atom. The molecule has 0 spiro atoms. The Labute approximate surface area is 173 Å². The van der Waals surface area contributed by atoms with Gasteiger partial charge >= 0.3 is 0 Å². The van der Waals surface area contributed by atoms with E-state index in [0.29, 0.717) is 37.0 Å². The summed E-state index contributed by atoms with van der Waals surface area (Å²) in [6.45, 7) is 4.15. The van der Waals surface area contributed by atoms with Crippen molar-refractivity contribution in [1.29, 1.82) is 0 Å². The number of halogens is 2. The van der Waals surface area contributed by atoms with E-state index in [9.17, 15) is 9.18 Å². The lowest BCUT2D eigenvalue weighted by Crippen LogP contribution is -2.49. The number of benzene rings is 2. The van der Waals surface area contributed by atoms with E-state index >= 15 is 0 Å². The van der Waals surface area contributed by atoms with Crippen molar-refractivity contribution in [3.63, 3.8) is 0 Å². The zero-order chi connectivity index (χ0) is 20.2. The van der Waals surface area contributed by atoms with Crippen molar-refractivity contribution in [3.05, 3.63) is 58.4 Å². The van der Waals surface area contributed by atoms with Gasteiger partial charge in [-0.15, -0.1) is 0 Å². The number of hydrogen-bond acceptors (Lipinski definition) is 5. The van der Waals surface area contributed by atoms with Crippen LogP contribution in [0.1, 0.15) is 11.1 Å². The molecule has 1 amide bonds. The van der Waals surface area contributed by atoms with Crippen LogP contribution in [0.15, 0.2) is 36.4 Å². The van der Waals surface area contributed by atoms with Crippen molar-refractivity contribution in [2.24, 2.45) is 0 Å². The third-order valence-electron chi connectivity index (χ3n) is 5.05. The molecule has 4 rings (SSSR count). The standard InChI is InChI=1S/C21H22ClFN2O4/c22-17-9-15(21-16(10-17)12-27-14-29-21)11-24-5-7-25(8-6-24)20(26)13-28-19-3-1-18(23)2-4-19/h1-4,9-10H,5-8,11-14H2. The quantitative estimate of drug-likeness (QED) is 0.744. The van der Waals surface area contributed by atoms with Gasteiger partial charge in [-0.05, 0) is 36.4 Å². The normalized spacial score (nSPS) is 16.8. The van der Waals surface area contributed by atoms with E-state index in [2.05, 4.69) is 4.90 Å². The molecule has 2 aliphatic rings. The summed E-state index contributed by atoms with van der Waals surface area (Å²) in [7, 11) is 0. The van der Waals surface area contributed by atoms with Gasteiger partial charge in [0, 0.05) is 48.9 Å². The molecule has 1 fully saturated rings. The molecule has 2 aliphatic heterocycles. The third-order valence-corrected chi connectivity index (χ3v) is 5.26. The van der Waals surface area contributed by atoms with Crippen molar-refractivity contribution < 1.29 is 23.4 Å².